The summed E-state index contributed by atoms with van der Waals surface area (Å²) in [4.78, 5) is 5.80. The van der Waals surface area contributed by atoms with Crippen LogP contribution in [0.15, 0.2) is 40.7 Å². The molecular formula is C23H25NOS3. The number of hydrogen-bond donors (Lipinski definition) is 1. The minimum atomic E-state index is 0.300. The van der Waals surface area contributed by atoms with E-state index in [9.17, 15) is 5.11 Å². The Balaban J connectivity index is 1.44. The van der Waals surface area contributed by atoms with Crippen LogP contribution in [0.25, 0.3) is 29.2 Å². The van der Waals surface area contributed by atoms with Crippen LogP contribution >= 0.6 is 34.0 Å². The predicted molar refractivity (Wildman–Crippen MR) is 128 cm³/mol. The van der Waals surface area contributed by atoms with Crippen molar-refractivity contribution in [1.82, 2.24) is 0 Å². The zero-order valence-electron chi connectivity index (χ0n) is 16.1. The molecule has 0 aliphatic heterocycles. The maximum Gasteiger partial charge on any atom is 0.124 e. The van der Waals surface area contributed by atoms with Gasteiger partial charge < -0.3 is 5.11 Å². The van der Waals surface area contributed by atoms with E-state index in [-0.39, 0.29) is 0 Å². The Morgan fingerprint density at radius 2 is 1.79 bits per heavy atom. The number of hydrogen-bond acceptors (Lipinski definition) is 5. The second-order valence-corrected chi connectivity index (χ2v) is 10.1. The van der Waals surface area contributed by atoms with Gasteiger partial charge in [-0.15, -0.1) is 34.0 Å². The zero-order valence-corrected chi connectivity index (χ0v) is 18.6. The van der Waals surface area contributed by atoms with Crippen molar-refractivity contribution >= 4 is 59.0 Å². The third-order valence-electron chi connectivity index (χ3n) is 4.94. The summed E-state index contributed by atoms with van der Waals surface area (Å²) < 4.78 is 5.52. The molecule has 5 heteroatoms. The Hall–Kier alpha value is -1.69. The number of benzene rings is 1. The van der Waals surface area contributed by atoms with Crippen molar-refractivity contribution in [1.29, 1.82) is 0 Å². The largest absolute Gasteiger partial charge is 0.507 e. The predicted octanol–water partition coefficient (Wildman–Crippen LogP) is 8.33. The number of rotatable bonds is 9. The minimum absolute atomic E-state index is 0.300. The summed E-state index contributed by atoms with van der Waals surface area (Å²) in [6.07, 6.45) is 9.45. The Bertz CT molecular complexity index is 1090. The first-order chi connectivity index (χ1) is 13.8. The van der Waals surface area contributed by atoms with Crippen LogP contribution in [-0.2, 0) is 0 Å². The molecule has 0 spiro atoms. The summed E-state index contributed by atoms with van der Waals surface area (Å²) in [5, 5.41) is 12.4. The summed E-state index contributed by atoms with van der Waals surface area (Å²) in [6.45, 7) is 3.08. The first kappa shape index (κ1) is 19.6. The van der Waals surface area contributed by atoms with Crippen molar-refractivity contribution in [2.45, 2.75) is 45.4 Å². The van der Waals surface area contributed by atoms with E-state index in [2.05, 4.69) is 35.5 Å². The van der Waals surface area contributed by atoms with Crippen LogP contribution in [0.5, 0.6) is 5.75 Å². The molecule has 0 saturated heterocycles. The molecule has 1 N–H and O–H groups in total. The summed E-state index contributed by atoms with van der Waals surface area (Å²) >= 11 is 5.52. The summed E-state index contributed by atoms with van der Waals surface area (Å²) in [5.74, 6) is 0.300. The van der Waals surface area contributed by atoms with Crippen molar-refractivity contribution in [2.24, 2.45) is 4.99 Å². The lowest BCUT2D eigenvalue weighted by Crippen LogP contribution is -1.88. The van der Waals surface area contributed by atoms with Crippen LogP contribution in [-0.4, -0.2) is 17.9 Å². The Morgan fingerprint density at radius 3 is 2.68 bits per heavy atom. The van der Waals surface area contributed by atoms with Gasteiger partial charge in [-0.25, -0.2) is 0 Å². The number of aromatic hydroxyl groups is 1. The van der Waals surface area contributed by atoms with E-state index in [4.69, 9.17) is 0 Å². The van der Waals surface area contributed by atoms with Crippen LogP contribution in [0, 0.1) is 0 Å². The summed E-state index contributed by atoms with van der Waals surface area (Å²) in [7, 11) is 0. The maximum atomic E-state index is 10.2. The highest BCUT2D eigenvalue weighted by molar-refractivity contribution is 7.38. The van der Waals surface area contributed by atoms with E-state index >= 15 is 0 Å². The van der Waals surface area contributed by atoms with Gasteiger partial charge in [0, 0.05) is 32.6 Å². The van der Waals surface area contributed by atoms with Crippen molar-refractivity contribution in [2.75, 3.05) is 6.54 Å². The number of phenols is 1. The second-order valence-electron chi connectivity index (χ2n) is 7.10. The van der Waals surface area contributed by atoms with Crippen LogP contribution in [0.4, 0.5) is 0 Å². The molecule has 0 aliphatic rings. The Labute approximate surface area is 178 Å². The number of phenolic OH excluding ortho intramolecular Hbond substituents is 1. The Kier molecular flexibility index (Phi) is 6.45. The lowest BCUT2D eigenvalue weighted by molar-refractivity contribution is 0.474. The standard InChI is InChI=1S/C23H25NOS3/c1-2-3-4-5-6-7-11-24-15-17-13-16(8-9-18(17)25)20-14-21-23(28-20)22-19(27-21)10-12-26-22/h8-10,12-15,25H,2-7,11H2,1H3. The number of thiophene rings is 3. The van der Waals surface area contributed by atoms with E-state index in [1.54, 1.807) is 6.07 Å². The maximum absolute atomic E-state index is 10.2. The third kappa shape index (κ3) is 4.32. The molecular weight excluding hydrogens is 402 g/mol. The fourth-order valence-corrected chi connectivity index (χ4v) is 7.13. The molecule has 1 aromatic carbocycles. The van der Waals surface area contributed by atoms with Gasteiger partial charge in [-0.2, -0.15) is 0 Å². The molecule has 0 radical (unpaired) electrons. The lowest BCUT2D eigenvalue weighted by atomic mass is 10.1. The van der Waals surface area contributed by atoms with Crippen LogP contribution in [0.3, 0.4) is 0 Å². The average molecular weight is 428 g/mol. The average Bonchev–Trinajstić information content (AvgIpc) is 3.37. The van der Waals surface area contributed by atoms with Gasteiger partial charge in [0.2, 0.25) is 0 Å². The van der Waals surface area contributed by atoms with E-state index in [1.807, 2.05) is 46.3 Å². The van der Waals surface area contributed by atoms with Gasteiger partial charge in [-0.05, 0) is 47.7 Å². The molecule has 3 heterocycles. The van der Waals surface area contributed by atoms with Gasteiger partial charge in [0.1, 0.15) is 5.75 Å². The topological polar surface area (TPSA) is 32.6 Å². The quantitative estimate of drug-likeness (QED) is 0.211. The monoisotopic (exact) mass is 427 g/mol. The first-order valence-corrected chi connectivity index (χ1v) is 12.5. The molecule has 0 amide bonds. The van der Waals surface area contributed by atoms with Crippen LogP contribution < -0.4 is 0 Å². The molecule has 4 rings (SSSR count). The first-order valence-electron chi connectivity index (χ1n) is 9.99. The highest BCUT2D eigenvalue weighted by Crippen LogP contribution is 2.45. The van der Waals surface area contributed by atoms with Gasteiger partial charge in [0.15, 0.2) is 0 Å². The fourth-order valence-electron chi connectivity index (χ4n) is 3.37. The molecule has 3 aromatic heterocycles. The van der Waals surface area contributed by atoms with Crippen molar-refractivity contribution < 1.29 is 5.11 Å². The number of nitrogens with zero attached hydrogens (tertiary/aromatic N) is 1. The third-order valence-corrected chi connectivity index (χ3v) is 8.56. The molecule has 28 heavy (non-hydrogen) atoms. The zero-order chi connectivity index (χ0) is 19.3. The van der Waals surface area contributed by atoms with E-state index in [1.165, 1.54) is 55.8 Å². The van der Waals surface area contributed by atoms with Crippen LogP contribution in [0.1, 0.15) is 51.0 Å². The molecule has 0 bridgehead atoms. The number of fused-ring (bicyclic) bond motifs is 3. The SMILES string of the molecule is CCCCCCCCN=Cc1cc(-c2cc3sc4ccsc4c3s2)ccc1O. The van der Waals surface area contributed by atoms with Gasteiger partial charge >= 0.3 is 0 Å². The van der Waals surface area contributed by atoms with Gasteiger partial charge in [-0.3, -0.25) is 4.99 Å². The van der Waals surface area contributed by atoms with Gasteiger partial charge in [0.05, 0.1) is 9.40 Å². The molecule has 0 fully saturated rings. The molecule has 0 unspecified atom stereocenters. The Morgan fingerprint density at radius 1 is 0.929 bits per heavy atom. The van der Waals surface area contributed by atoms with Gasteiger partial charge in [-0.1, -0.05) is 39.0 Å². The molecule has 0 aliphatic carbocycles. The highest BCUT2D eigenvalue weighted by Gasteiger charge is 2.12. The van der Waals surface area contributed by atoms with Crippen molar-refractivity contribution in [3.05, 3.63) is 41.3 Å². The van der Waals surface area contributed by atoms with E-state index in [0.29, 0.717) is 5.75 Å². The summed E-state index contributed by atoms with van der Waals surface area (Å²) in [5.41, 5.74) is 1.96. The van der Waals surface area contributed by atoms with Gasteiger partial charge in [0.25, 0.3) is 0 Å². The van der Waals surface area contributed by atoms with Crippen LogP contribution in [0.2, 0.25) is 0 Å². The molecule has 146 valence electrons. The second kappa shape index (κ2) is 9.21. The molecule has 0 saturated carbocycles. The molecule has 2 nitrogen and oxygen atoms in total. The molecule has 0 atom stereocenters. The van der Waals surface area contributed by atoms with Crippen molar-refractivity contribution in [3.8, 4) is 16.2 Å². The minimum Gasteiger partial charge on any atom is -0.507 e. The highest BCUT2D eigenvalue weighted by atomic mass is 32.1. The normalized spacial score (nSPS) is 12.0. The smallest absolute Gasteiger partial charge is 0.124 e. The van der Waals surface area contributed by atoms with Crippen molar-refractivity contribution in [3.63, 3.8) is 0 Å². The number of unbranched alkanes of at least 4 members (excludes halogenated alkanes) is 5. The molecule has 4 aromatic rings. The summed E-state index contributed by atoms with van der Waals surface area (Å²) in [6, 6.07) is 10.3. The lowest BCUT2D eigenvalue weighted by Gasteiger charge is -2.03. The fraction of sp³-hybridized carbons (Fsp3) is 0.348. The van der Waals surface area contributed by atoms with E-state index in [0.717, 1.165) is 24.1 Å². The van der Waals surface area contributed by atoms with E-state index < -0.39 is 0 Å². The number of aliphatic imine (C=N–C) groups is 1.